The standard InChI is InChI=1S/C22H22N2O6S/c25-21(19-17-9-10-18(30-17)20(19)22(26)27)23-14-5-7-15(8-6-14)31(28,29)24-12-11-13-3-1-2-4-16(13)24/h1-8,17-20H,9-12H2,(H,23,25)(H,26,27)/t17-,18-,19+,20+/m1/s1. The number of nitrogens with zero attached hydrogens (tertiary/aromatic N) is 1. The van der Waals surface area contributed by atoms with E-state index in [1.807, 2.05) is 18.2 Å². The number of carbonyl (C=O) groups excluding carboxylic acids is 1. The van der Waals surface area contributed by atoms with E-state index in [1.165, 1.54) is 28.6 Å². The minimum absolute atomic E-state index is 0.133. The molecular weight excluding hydrogens is 420 g/mol. The smallest absolute Gasteiger partial charge is 0.310 e. The van der Waals surface area contributed by atoms with E-state index < -0.39 is 39.8 Å². The summed E-state index contributed by atoms with van der Waals surface area (Å²) in [4.78, 5) is 24.5. The van der Waals surface area contributed by atoms with E-state index in [-0.39, 0.29) is 11.0 Å². The number of benzene rings is 2. The number of fused-ring (bicyclic) bond motifs is 3. The Labute approximate surface area is 179 Å². The lowest BCUT2D eigenvalue weighted by Gasteiger charge is -2.24. The number of anilines is 2. The molecule has 2 aromatic carbocycles. The molecule has 0 saturated carbocycles. The van der Waals surface area contributed by atoms with Crippen molar-refractivity contribution < 1.29 is 27.9 Å². The first-order chi connectivity index (χ1) is 14.9. The fraction of sp³-hybridized carbons (Fsp3) is 0.364. The van der Waals surface area contributed by atoms with E-state index >= 15 is 0 Å². The van der Waals surface area contributed by atoms with Gasteiger partial charge in [0.1, 0.15) is 0 Å². The van der Waals surface area contributed by atoms with Crippen LogP contribution in [-0.4, -0.2) is 44.2 Å². The first kappa shape index (κ1) is 20.0. The molecule has 162 valence electrons. The van der Waals surface area contributed by atoms with Crippen LogP contribution in [0.3, 0.4) is 0 Å². The molecule has 2 N–H and O–H groups in total. The lowest BCUT2D eigenvalue weighted by Crippen LogP contribution is -2.40. The average molecular weight is 442 g/mol. The van der Waals surface area contributed by atoms with E-state index in [9.17, 15) is 23.1 Å². The number of carboxylic acids is 1. The Balaban J connectivity index is 1.33. The predicted molar refractivity (Wildman–Crippen MR) is 112 cm³/mol. The van der Waals surface area contributed by atoms with Crippen LogP contribution in [0.5, 0.6) is 0 Å². The fourth-order valence-corrected chi connectivity index (χ4v) is 6.45. The zero-order valence-corrected chi connectivity index (χ0v) is 17.4. The maximum atomic E-state index is 13.1. The molecule has 9 heteroatoms. The van der Waals surface area contributed by atoms with Gasteiger partial charge in [-0.3, -0.25) is 13.9 Å². The number of carboxylic acid groups (broad SMARTS) is 1. The molecule has 2 saturated heterocycles. The molecule has 3 heterocycles. The van der Waals surface area contributed by atoms with Crippen molar-refractivity contribution in [2.45, 2.75) is 36.4 Å². The van der Waals surface area contributed by atoms with Crippen molar-refractivity contribution in [1.29, 1.82) is 0 Å². The number of hydrogen-bond donors (Lipinski definition) is 2. The largest absolute Gasteiger partial charge is 0.481 e. The summed E-state index contributed by atoms with van der Waals surface area (Å²) < 4.78 is 33.2. The molecule has 0 spiro atoms. The second-order valence-corrected chi connectivity index (χ2v) is 10.0. The summed E-state index contributed by atoms with van der Waals surface area (Å²) >= 11 is 0. The quantitative estimate of drug-likeness (QED) is 0.734. The zero-order chi connectivity index (χ0) is 21.8. The molecule has 3 aliphatic rings. The van der Waals surface area contributed by atoms with Crippen LogP contribution >= 0.6 is 0 Å². The molecule has 31 heavy (non-hydrogen) atoms. The van der Waals surface area contributed by atoms with Crippen LogP contribution < -0.4 is 9.62 Å². The van der Waals surface area contributed by atoms with Crippen molar-refractivity contribution in [3.63, 3.8) is 0 Å². The van der Waals surface area contributed by atoms with Gasteiger partial charge in [-0.05, 0) is 55.2 Å². The van der Waals surface area contributed by atoms with Gasteiger partial charge in [-0.2, -0.15) is 0 Å². The van der Waals surface area contributed by atoms with Gasteiger partial charge >= 0.3 is 5.97 Å². The van der Waals surface area contributed by atoms with Crippen LogP contribution in [0.1, 0.15) is 18.4 Å². The minimum Gasteiger partial charge on any atom is -0.481 e. The third kappa shape index (κ3) is 3.28. The van der Waals surface area contributed by atoms with Crippen LogP contribution in [0, 0.1) is 11.8 Å². The number of hydrogen-bond acceptors (Lipinski definition) is 5. The summed E-state index contributed by atoms with van der Waals surface area (Å²) in [7, 11) is -3.72. The molecule has 0 unspecified atom stereocenters. The van der Waals surface area contributed by atoms with Gasteiger partial charge in [-0.1, -0.05) is 18.2 Å². The first-order valence-corrected chi connectivity index (χ1v) is 11.7. The van der Waals surface area contributed by atoms with E-state index in [1.54, 1.807) is 6.07 Å². The summed E-state index contributed by atoms with van der Waals surface area (Å²) in [5.41, 5.74) is 2.10. The van der Waals surface area contributed by atoms with Crippen LogP contribution in [0.4, 0.5) is 11.4 Å². The van der Waals surface area contributed by atoms with Crippen molar-refractivity contribution in [3.8, 4) is 0 Å². The number of amides is 1. The molecule has 4 atom stereocenters. The number of sulfonamides is 1. The Morgan fingerprint density at radius 2 is 1.68 bits per heavy atom. The molecular formula is C22H22N2O6S. The van der Waals surface area contributed by atoms with Crippen molar-refractivity contribution in [1.82, 2.24) is 0 Å². The summed E-state index contributed by atoms with van der Waals surface area (Å²) in [6, 6.07) is 13.4. The van der Waals surface area contributed by atoms with Gasteiger partial charge in [0.25, 0.3) is 10.0 Å². The summed E-state index contributed by atoms with van der Waals surface area (Å²) in [6.45, 7) is 0.390. The third-order valence-corrected chi connectivity index (χ3v) is 8.24. The highest BCUT2D eigenvalue weighted by Gasteiger charge is 2.55. The summed E-state index contributed by atoms with van der Waals surface area (Å²) in [5.74, 6) is -3.04. The van der Waals surface area contributed by atoms with E-state index in [0.717, 1.165) is 5.56 Å². The molecule has 0 aromatic heterocycles. The van der Waals surface area contributed by atoms with Gasteiger partial charge in [0, 0.05) is 12.2 Å². The summed E-state index contributed by atoms with van der Waals surface area (Å²) in [6.07, 6.45) is 1.17. The van der Waals surface area contributed by atoms with Crippen LogP contribution in [0.25, 0.3) is 0 Å². The van der Waals surface area contributed by atoms with Gasteiger partial charge in [0.15, 0.2) is 0 Å². The molecule has 8 nitrogen and oxygen atoms in total. The maximum absolute atomic E-state index is 13.1. The molecule has 5 rings (SSSR count). The topological polar surface area (TPSA) is 113 Å². The highest BCUT2D eigenvalue weighted by Crippen LogP contribution is 2.44. The second-order valence-electron chi connectivity index (χ2n) is 8.15. The van der Waals surface area contributed by atoms with Crippen LogP contribution in [-0.2, 0) is 30.8 Å². The monoisotopic (exact) mass is 442 g/mol. The van der Waals surface area contributed by atoms with Crippen LogP contribution in [0.15, 0.2) is 53.4 Å². The Kier molecular flexibility index (Phi) is 4.75. The highest BCUT2D eigenvalue weighted by molar-refractivity contribution is 7.92. The number of ether oxygens (including phenoxy) is 1. The fourth-order valence-electron chi connectivity index (χ4n) is 4.95. The van der Waals surface area contributed by atoms with Gasteiger partial charge in [-0.15, -0.1) is 0 Å². The van der Waals surface area contributed by atoms with Crippen molar-refractivity contribution in [3.05, 3.63) is 54.1 Å². The molecule has 0 radical (unpaired) electrons. The molecule has 1 amide bonds. The number of aliphatic carboxylic acids is 1. The number of nitrogens with one attached hydrogen (secondary N) is 1. The number of carbonyl (C=O) groups is 2. The predicted octanol–water partition coefficient (Wildman–Crippen LogP) is 2.25. The lowest BCUT2D eigenvalue weighted by molar-refractivity contribution is -0.147. The van der Waals surface area contributed by atoms with Gasteiger partial charge in [0.05, 0.1) is 34.6 Å². The zero-order valence-electron chi connectivity index (χ0n) is 16.6. The minimum atomic E-state index is -3.72. The SMILES string of the molecule is O=C(O)[C@@H]1[C@@H](C(=O)Nc2ccc(S(=O)(=O)N3CCc4ccccc43)cc2)[C@H]2CC[C@H]1O2. The highest BCUT2D eigenvalue weighted by atomic mass is 32.2. The Bertz CT molecular complexity index is 1150. The molecule has 2 aromatic rings. The first-order valence-electron chi connectivity index (χ1n) is 10.3. The van der Waals surface area contributed by atoms with Crippen molar-refractivity contribution in [2.75, 3.05) is 16.2 Å². The Hall–Kier alpha value is -2.91. The van der Waals surface area contributed by atoms with Gasteiger partial charge in [0.2, 0.25) is 5.91 Å². The van der Waals surface area contributed by atoms with Gasteiger partial charge in [-0.25, -0.2) is 8.42 Å². The van der Waals surface area contributed by atoms with E-state index in [2.05, 4.69) is 5.32 Å². The Morgan fingerprint density at radius 1 is 1.00 bits per heavy atom. The van der Waals surface area contributed by atoms with Crippen LogP contribution in [0.2, 0.25) is 0 Å². The van der Waals surface area contributed by atoms with E-state index in [0.29, 0.717) is 37.2 Å². The normalized spacial score (nSPS) is 26.6. The summed E-state index contributed by atoms with van der Waals surface area (Å²) in [5, 5.41) is 12.2. The number of rotatable bonds is 5. The molecule has 2 fully saturated rings. The molecule has 0 aliphatic carbocycles. The average Bonchev–Trinajstić information content (AvgIpc) is 3.48. The maximum Gasteiger partial charge on any atom is 0.310 e. The van der Waals surface area contributed by atoms with Crippen molar-refractivity contribution >= 4 is 33.3 Å². The lowest BCUT2D eigenvalue weighted by atomic mass is 9.78. The third-order valence-electron chi connectivity index (χ3n) is 6.42. The second kappa shape index (κ2) is 7.35. The number of para-hydroxylation sites is 1. The van der Waals surface area contributed by atoms with E-state index in [4.69, 9.17) is 4.74 Å². The van der Waals surface area contributed by atoms with Crippen molar-refractivity contribution in [2.24, 2.45) is 11.8 Å². The molecule has 3 aliphatic heterocycles. The van der Waals surface area contributed by atoms with Gasteiger partial charge < -0.3 is 15.2 Å². The Morgan fingerprint density at radius 3 is 2.39 bits per heavy atom. The molecule has 2 bridgehead atoms.